The quantitative estimate of drug-likeness (QED) is 0.785. The molecule has 0 fully saturated rings. The molecule has 0 saturated heterocycles. The molecular formula is C10H13F2NS. The highest BCUT2D eigenvalue weighted by atomic mass is 32.2. The van der Waals surface area contributed by atoms with Crippen molar-refractivity contribution in [3.05, 3.63) is 29.8 Å². The van der Waals surface area contributed by atoms with Crippen LogP contribution in [0, 0.1) is 0 Å². The van der Waals surface area contributed by atoms with E-state index < -0.39 is 5.76 Å². The van der Waals surface area contributed by atoms with Gasteiger partial charge in [0, 0.05) is 10.9 Å². The third-order valence-electron chi connectivity index (χ3n) is 1.68. The lowest BCUT2D eigenvalue weighted by atomic mass is 10.1. The van der Waals surface area contributed by atoms with Crippen molar-refractivity contribution in [2.75, 3.05) is 0 Å². The minimum Gasteiger partial charge on any atom is -0.328 e. The summed E-state index contributed by atoms with van der Waals surface area (Å²) in [5.74, 6) is -2.36. The van der Waals surface area contributed by atoms with Crippen LogP contribution in [0.15, 0.2) is 29.2 Å². The van der Waals surface area contributed by atoms with Crippen LogP contribution in [0.4, 0.5) is 8.78 Å². The van der Waals surface area contributed by atoms with Gasteiger partial charge in [-0.3, -0.25) is 0 Å². The van der Waals surface area contributed by atoms with E-state index in [0.29, 0.717) is 16.7 Å². The van der Waals surface area contributed by atoms with Gasteiger partial charge in [-0.05, 0) is 31.0 Å². The predicted octanol–water partition coefficient (Wildman–Crippen LogP) is 2.89. The minimum atomic E-state index is -2.36. The molecule has 0 aromatic heterocycles. The standard InChI is InChI=1S/C10H13F2NS/c1-7(13)5-8-3-2-4-9(6-8)14-10(11)12/h2-4,6-7,10H,5,13H2,1H3/t7-/m0/s1. The number of hydrogen-bond donors (Lipinski definition) is 1. The largest absolute Gasteiger partial charge is 0.328 e. The Labute approximate surface area is 86.7 Å². The smallest absolute Gasteiger partial charge is 0.288 e. The Morgan fingerprint density at radius 2 is 2.14 bits per heavy atom. The van der Waals surface area contributed by atoms with Gasteiger partial charge in [0.1, 0.15) is 0 Å². The van der Waals surface area contributed by atoms with Crippen molar-refractivity contribution >= 4 is 11.8 Å². The van der Waals surface area contributed by atoms with E-state index in [-0.39, 0.29) is 6.04 Å². The van der Waals surface area contributed by atoms with Crippen molar-refractivity contribution in [1.82, 2.24) is 0 Å². The maximum absolute atomic E-state index is 12.1. The topological polar surface area (TPSA) is 26.0 Å². The molecule has 0 radical (unpaired) electrons. The summed E-state index contributed by atoms with van der Waals surface area (Å²) in [4.78, 5) is 0.596. The Morgan fingerprint density at radius 3 is 2.71 bits per heavy atom. The minimum absolute atomic E-state index is 0.0572. The van der Waals surface area contributed by atoms with Crippen LogP contribution in [-0.4, -0.2) is 11.8 Å². The average Bonchev–Trinajstić information content (AvgIpc) is 2.01. The highest BCUT2D eigenvalue weighted by molar-refractivity contribution is 7.99. The van der Waals surface area contributed by atoms with Gasteiger partial charge in [0.05, 0.1) is 0 Å². The molecule has 0 saturated carbocycles. The summed E-state index contributed by atoms with van der Waals surface area (Å²) in [6.07, 6.45) is 0.720. The third kappa shape index (κ3) is 4.07. The molecule has 1 rings (SSSR count). The van der Waals surface area contributed by atoms with E-state index in [0.717, 1.165) is 12.0 Å². The van der Waals surface area contributed by atoms with Gasteiger partial charge in [-0.1, -0.05) is 23.9 Å². The summed E-state index contributed by atoms with van der Waals surface area (Å²) in [6.45, 7) is 1.90. The van der Waals surface area contributed by atoms with Crippen molar-refractivity contribution in [3.8, 4) is 0 Å². The molecule has 14 heavy (non-hydrogen) atoms. The van der Waals surface area contributed by atoms with Crippen molar-refractivity contribution < 1.29 is 8.78 Å². The van der Waals surface area contributed by atoms with E-state index >= 15 is 0 Å². The van der Waals surface area contributed by atoms with E-state index in [1.54, 1.807) is 18.2 Å². The zero-order chi connectivity index (χ0) is 10.6. The zero-order valence-corrected chi connectivity index (χ0v) is 8.73. The summed E-state index contributed by atoms with van der Waals surface area (Å²) >= 11 is 0.566. The molecule has 1 aromatic rings. The first-order chi connectivity index (χ1) is 6.58. The fourth-order valence-electron chi connectivity index (χ4n) is 1.22. The summed E-state index contributed by atoms with van der Waals surface area (Å²) in [5, 5.41) is 0. The molecule has 1 atom stereocenters. The van der Waals surface area contributed by atoms with Gasteiger partial charge in [-0.25, -0.2) is 0 Å². The van der Waals surface area contributed by atoms with Gasteiger partial charge in [-0.15, -0.1) is 0 Å². The average molecular weight is 217 g/mol. The molecule has 0 heterocycles. The van der Waals surface area contributed by atoms with Crippen LogP contribution >= 0.6 is 11.8 Å². The molecular weight excluding hydrogens is 204 g/mol. The van der Waals surface area contributed by atoms with Crippen molar-refractivity contribution in [2.24, 2.45) is 5.73 Å². The second-order valence-corrected chi connectivity index (χ2v) is 4.27. The molecule has 78 valence electrons. The van der Waals surface area contributed by atoms with Crippen molar-refractivity contribution in [1.29, 1.82) is 0 Å². The van der Waals surface area contributed by atoms with Crippen LogP contribution in [0.3, 0.4) is 0 Å². The predicted molar refractivity (Wildman–Crippen MR) is 55.7 cm³/mol. The summed E-state index contributed by atoms with van der Waals surface area (Å²) in [5.41, 5.74) is 6.63. The van der Waals surface area contributed by atoms with Gasteiger partial charge >= 0.3 is 0 Å². The van der Waals surface area contributed by atoms with Crippen LogP contribution in [0.2, 0.25) is 0 Å². The summed E-state index contributed by atoms with van der Waals surface area (Å²) in [6, 6.07) is 7.19. The molecule has 0 aliphatic carbocycles. The molecule has 0 amide bonds. The normalized spacial score (nSPS) is 13.2. The summed E-state index contributed by atoms with van der Waals surface area (Å²) < 4.78 is 24.1. The van der Waals surface area contributed by atoms with E-state index in [1.165, 1.54) is 0 Å². The van der Waals surface area contributed by atoms with E-state index in [2.05, 4.69) is 0 Å². The lowest BCUT2D eigenvalue weighted by Gasteiger charge is -2.06. The van der Waals surface area contributed by atoms with Crippen LogP contribution in [-0.2, 0) is 6.42 Å². The monoisotopic (exact) mass is 217 g/mol. The highest BCUT2D eigenvalue weighted by Gasteiger charge is 2.06. The molecule has 0 unspecified atom stereocenters. The Kier molecular flexibility index (Phi) is 4.35. The second kappa shape index (κ2) is 5.32. The molecule has 0 aliphatic rings. The maximum atomic E-state index is 12.1. The first-order valence-corrected chi connectivity index (χ1v) is 5.25. The van der Waals surface area contributed by atoms with Crippen molar-refractivity contribution in [3.63, 3.8) is 0 Å². The molecule has 1 aromatic carbocycles. The van der Waals surface area contributed by atoms with E-state index in [9.17, 15) is 8.78 Å². The van der Waals surface area contributed by atoms with Crippen LogP contribution in [0.1, 0.15) is 12.5 Å². The molecule has 0 bridgehead atoms. The van der Waals surface area contributed by atoms with Gasteiger partial charge < -0.3 is 5.73 Å². The number of rotatable bonds is 4. The fourth-order valence-corrected chi connectivity index (χ4v) is 1.80. The number of nitrogens with two attached hydrogens (primary N) is 1. The fraction of sp³-hybridized carbons (Fsp3) is 0.400. The first kappa shape index (κ1) is 11.5. The second-order valence-electron chi connectivity index (χ2n) is 3.21. The molecule has 4 heteroatoms. The van der Waals surface area contributed by atoms with Crippen LogP contribution < -0.4 is 5.73 Å². The number of halogens is 2. The van der Waals surface area contributed by atoms with E-state index in [4.69, 9.17) is 5.73 Å². The third-order valence-corrected chi connectivity index (χ3v) is 2.39. The Balaban J connectivity index is 2.68. The van der Waals surface area contributed by atoms with Gasteiger partial charge in [0.15, 0.2) is 0 Å². The Bertz CT molecular complexity index is 264. The van der Waals surface area contributed by atoms with Gasteiger partial charge in [0.2, 0.25) is 0 Å². The molecule has 2 N–H and O–H groups in total. The Hall–Kier alpha value is -0.610. The van der Waals surface area contributed by atoms with Crippen molar-refractivity contribution in [2.45, 2.75) is 30.0 Å². The zero-order valence-electron chi connectivity index (χ0n) is 7.91. The van der Waals surface area contributed by atoms with Gasteiger partial charge in [-0.2, -0.15) is 8.78 Å². The number of alkyl halides is 2. The van der Waals surface area contributed by atoms with E-state index in [1.807, 2.05) is 13.0 Å². The number of thioether (sulfide) groups is 1. The highest BCUT2D eigenvalue weighted by Crippen LogP contribution is 2.25. The summed E-state index contributed by atoms with van der Waals surface area (Å²) in [7, 11) is 0. The van der Waals surface area contributed by atoms with Crippen LogP contribution in [0.5, 0.6) is 0 Å². The number of hydrogen-bond acceptors (Lipinski definition) is 2. The lowest BCUT2D eigenvalue weighted by molar-refractivity contribution is 0.252. The molecule has 0 aliphatic heterocycles. The Morgan fingerprint density at radius 1 is 1.43 bits per heavy atom. The van der Waals surface area contributed by atoms with Gasteiger partial charge in [0.25, 0.3) is 5.76 Å². The molecule has 0 spiro atoms. The number of benzene rings is 1. The SMILES string of the molecule is C[C@H](N)Cc1cccc(SC(F)F)c1. The maximum Gasteiger partial charge on any atom is 0.288 e. The lowest BCUT2D eigenvalue weighted by Crippen LogP contribution is -2.17. The first-order valence-electron chi connectivity index (χ1n) is 4.37. The molecule has 1 nitrogen and oxygen atoms in total. The van der Waals surface area contributed by atoms with Crippen LogP contribution in [0.25, 0.3) is 0 Å².